The Labute approximate surface area is 77.8 Å². The van der Waals surface area contributed by atoms with E-state index >= 15 is 0 Å². The second-order valence-corrected chi connectivity index (χ2v) is 2.42. The van der Waals surface area contributed by atoms with Gasteiger partial charge >= 0.3 is 11.9 Å². The van der Waals surface area contributed by atoms with E-state index in [-0.39, 0.29) is 0 Å². The van der Waals surface area contributed by atoms with Crippen LogP contribution in [-0.4, -0.2) is 35.7 Å². The summed E-state index contributed by atoms with van der Waals surface area (Å²) in [6, 6.07) is 0. The lowest BCUT2D eigenvalue weighted by Gasteiger charge is -1.93. The van der Waals surface area contributed by atoms with Crippen molar-refractivity contribution in [1.29, 1.82) is 0 Å². The summed E-state index contributed by atoms with van der Waals surface area (Å²) in [6.45, 7) is 3.39. The second-order valence-electron chi connectivity index (χ2n) is 2.42. The van der Waals surface area contributed by atoms with Gasteiger partial charge < -0.3 is 15.5 Å². The summed E-state index contributed by atoms with van der Waals surface area (Å²) in [7, 11) is 2.00. The Bertz CT molecular complexity index is 131. The fourth-order valence-corrected chi connectivity index (χ4v) is 0.552. The number of carboxylic acid groups (broad SMARTS) is 2. The molecule has 0 aliphatic rings. The van der Waals surface area contributed by atoms with Crippen LogP contribution in [0.5, 0.6) is 0 Å². The molecule has 0 fully saturated rings. The predicted molar refractivity (Wildman–Crippen MR) is 48.7 cm³/mol. The first kappa shape index (κ1) is 14.4. The summed E-state index contributed by atoms with van der Waals surface area (Å²) in [5.41, 5.74) is 0. The molecule has 0 radical (unpaired) electrons. The molecule has 13 heavy (non-hydrogen) atoms. The molecule has 0 spiro atoms. The van der Waals surface area contributed by atoms with Gasteiger partial charge in [0.25, 0.3) is 0 Å². The quantitative estimate of drug-likeness (QED) is 0.446. The van der Waals surface area contributed by atoms with Crippen molar-refractivity contribution in [2.45, 2.75) is 26.2 Å². The highest BCUT2D eigenvalue weighted by atomic mass is 16.4. The minimum absolute atomic E-state index is 1.17. The van der Waals surface area contributed by atoms with Crippen LogP contribution in [0.2, 0.25) is 0 Å². The number of hydrogen-bond acceptors (Lipinski definition) is 3. The number of unbranched alkanes of at least 4 members (excludes halogenated alkanes) is 2. The molecule has 0 saturated carbocycles. The lowest BCUT2D eigenvalue weighted by Crippen LogP contribution is -2.09. The highest BCUT2D eigenvalue weighted by Gasteiger charge is 2.04. The molecule has 0 saturated heterocycles. The lowest BCUT2D eigenvalue weighted by atomic mass is 10.2. The molecule has 0 aromatic carbocycles. The van der Waals surface area contributed by atoms with Crippen molar-refractivity contribution >= 4 is 11.9 Å². The first-order valence-electron chi connectivity index (χ1n) is 4.17. The molecule has 0 rings (SSSR count). The van der Waals surface area contributed by atoms with E-state index in [1.54, 1.807) is 0 Å². The molecule has 0 bridgehead atoms. The van der Waals surface area contributed by atoms with E-state index in [9.17, 15) is 0 Å². The topological polar surface area (TPSA) is 86.6 Å². The first-order valence-corrected chi connectivity index (χ1v) is 4.17. The van der Waals surface area contributed by atoms with Crippen LogP contribution in [0.25, 0.3) is 0 Å². The molecule has 0 aromatic heterocycles. The zero-order chi connectivity index (χ0) is 10.7. The molecule has 0 unspecified atom stereocenters. The van der Waals surface area contributed by atoms with Crippen molar-refractivity contribution in [3.8, 4) is 0 Å². The van der Waals surface area contributed by atoms with Gasteiger partial charge in [0.15, 0.2) is 0 Å². The molecule has 3 N–H and O–H groups in total. The van der Waals surface area contributed by atoms with Gasteiger partial charge in [0.1, 0.15) is 0 Å². The molecule has 0 aliphatic carbocycles. The van der Waals surface area contributed by atoms with Crippen LogP contribution in [-0.2, 0) is 9.59 Å². The molecule has 0 heterocycles. The zero-order valence-corrected chi connectivity index (χ0v) is 8.04. The fourth-order valence-electron chi connectivity index (χ4n) is 0.552. The highest BCUT2D eigenvalue weighted by Crippen LogP contribution is 1.89. The van der Waals surface area contributed by atoms with Gasteiger partial charge in [-0.05, 0) is 20.0 Å². The number of rotatable bonds is 4. The maximum absolute atomic E-state index is 9.10. The Morgan fingerprint density at radius 3 is 1.85 bits per heavy atom. The molecule has 0 aromatic rings. The fraction of sp³-hybridized carbons (Fsp3) is 0.750. The number of carboxylic acids is 2. The van der Waals surface area contributed by atoms with Crippen molar-refractivity contribution in [3.05, 3.63) is 0 Å². The van der Waals surface area contributed by atoms with Crippen molar-refractivity contribution in [2.24, 2.45) is 0 Å². The monoisotopic (exact) mass is 191 g/mol. The van der Waals surface area contributed by atoms with Crippen LogP contribution in [0, 0.1) is 0 Å². The van der Waals surface area contributed by atoms with Gasteiger partial charge in [-0.3, -0.25) is 0 Å². The van der Waals surface area contributed by atoms with E-state index in [1.165, 1.54) is 25.8 Å². The molecule has 0 aliphatic heterocycles. The third kappa shape index (κ3) is 18.1. The number of aliphatic carboxylic acids is 2. The summed E-state index contributed by atoms with van der Waals surface area (Å²) in [4.78, 5) is 18.2. The van der Waals surface area contributed by atoms with Crippen molar-refractivity contribution in [1.82, 2.24) is 5.32 Å². The number of carbonyl (C=O) groups is 2. The molecular formula is C8H17NO4. The second kappa shape index (κ2) is 10.9. The van der Waals surface area contributed by atoms with Crippen molar-refractivity contribution in [2.75, 3.05) is 13.6 Å². The maximum Gasteiger partial charge on any atom is 0.414 e. The predicted octanol–water partition coefficient (Wildman–Crippen LogP) is 0.552. The standard InChI is InChI=1S/C6H15N.C2H2O4/c1-3-4-5-6-7-2;3-1(4)2(5)6/h7H,3-6H2,1-2H3;(H,3,4)(H,5,6). The molecule has 78 valence electrons. The van der Waals surface area contributed by atoms with Gasteiger partial charge in [-0.1, -0.05) is 19.8 Å². The molecule has 0 atom stereocenters. The summed E-state index contributed by atoms with van der Waals surface area (Å²) < 4.78 is 0. The zero-order valence-electron chi connectivity index (χ0n) is 8.04. The minimum atomic E-state index is -1.82. The van der Waals surface area contributed by atoms with E-state index < -0.39 is 11.9 Å². The van der Waals surface area contributed by atoms with Gasteiger partial charge in [0.2, 0.25) is 0 Å². The largest absolute Gasteiger partial charge is 0.473 e. The number of nitrogens with one attached hydrogen (secondary N) is 1. The Hall–Kier alpha value is -1.10. The van der Waals surface area contributed by atoms with Gasteiger partial charge in [-0.15, -0.1) is 0 Å². The molecular weight excluding hydrogens is 174 g/mol. The Kier molecular flexibility index (Phi) is 12.1. The molecule has 0 amide bonds. The Morgan fingerprint density at radius 1 is 1.15 bits per heavy atom. The summed E-state index contributed by atoms with van der Waals surface area (Å²) in [5.74, 6) is -3.65. The van der Waals surface area contributed by atoms with Crippen LogP contribution < -0.4 is 5.32 Å². The van der Waals surface area contributed by atoms with E-state index in [2.05, 4.69) is 12.2 Å². The molecule has 5 nitrogen and oxygen atoms in total. The van der Waals surface area contributed by atoms with E-state index in [1.807, 2.05) is 7.05 Å². The first-order chi connectivity index (χ1) is 6.06. The number of hydrogen-bond donors (Lipinski definition) is 3. The van der Waals surface area contributed by atoms with E-state index in [0.29, 0.717) is 0 Å². The third-order valence-corrected chi connectivity index (χ3v) is 1.21. The van der Waals surface area contributed by atoms with Gasteiger partial charge in [0.05, 0.1) is 0 Å². The maximum atomic E-state index is 9.10. The highest BCUT2D eigenvalue weighted by molar-refractivity contribution is 6.27. The SMILES string of the molecule is CCCCCNC.O=C(O)C(=O)O. The Balaban J connectivity index is 0. The van der Waals surface area contributed by atoms with Crippen LogP contribution >= 0.6 is 0 Å². The molecule has 5 heteroatoms. The van der Waals surface area contributed by atoms with Crippen molar-refractivity contribution < 1.29 is 19.8 Å². The minimum Gasteiger partial charge on any atom is -0.473 e. The Morgan fingerprint density at radius 2 is 1.62 bits per heavy atom. The smallest absolute Gasteiger partial charge is 0.414 e. The van der Waals surface area contributed by atoms with Gasteiger partial charge in [0, 0.05) is 0 Å². The average Bonchev–Trinajstić information content (AvgIpc) is 2.06. The van der Waals surface area contributed by atoms with Crippen LogP contribution in [0.1, 0.15) is 26.2 Å². The van der Waals surface area contributed by atoms with E-state index in [0.717, 1.165) is 0 Å². The average molecular weight is 191 g/mol. The van der Waals surface area contributed by atoms with Gasteiger partial charge in [-0.25, -0.2) is 9.59 Å². The summed E-state index contributed by atoms with van der Waals surface area (Å²) in [5, 5.41) is 17.9. The normalized spacial score (nSPS) is 8.46. The van der Waals surface area contributed by atoms with Gasteiger partial charge in [-0.2, -0.15) is 0 Å². The van der Waals surface area contributed by atoms with Crippen LogP contribution in [0.15, 0.2) is 0 Å². The summed E-state index contributed by atoms with van der Waals surface area (Å²) >= 11 is 0. The lowest BCUT2D eigenvalue weighted by molar-refractivity contribution is -0.159. The summed E-state index contributed by atoms with van der Waals surface area (Å²) in [6.07, 6.45) is 4.01. The van der Waals surface area contributed by atoms with Crippen molar-refractivity contribution in [3.63, 3.8) is 0 Å². The van der Waals surface area contributed by atoms with Crippen LogP contribution in [0.3, 0.4) is 0 Å². The van der Waals surface area contributed by atoms with E-state index in [4.69, 9.17) is 19.8 Å². The third-order valence-electron chi connectivity index (χ3n) is 1.21. The van der Waals surface area contributed by atoms with Crippen LogP contribution in [0.4, 0.5) is 0 Å².